The maximum absolute atomic E-state index is 11.8. The number of carbonyl (C=O) groups is 1. The molecule has 0 saturated heterocycles. The number of hydrogen-bond acceptors (Lipinski definition) is 3. The van der Waals surface area contributed by atoms with E-state index in [0.717, 1.165) is 5.56 Å². The van der Waals surface area contributed by atoms with E-state index in [1.165, 1.54) is 0 Å². The van der Waals surface area contributed by atoms with Gasteiger partial charge in [0.05, 0.1) is 11.4 Å². The maximum atomic E-state index is 11.8. The number of pyridine rings is 1. The third-order valence-electron chi connectivity index (χ3n) is 2.42. The Hall–Kier alpha value is -2.07. The fraction of sp³-hybridized carbons (Fsp3) is 0.0769. The number of anilines is 2. The molecular weight excluding hydrogens is 250 g/mol. The molecule has 2 rings (SSSR count). The van der Waals surface area contributed by atoms with Crippen LogP contribution in [0, 0.1) is 0 Å². The first kappa shape index (κ1) is 12.4. The summed E-state index contributed by atoms with van der Waals surface area (Å²) in [6, 6.07) is 10.6. The van der Waals surface area contributed by atoms with E-state index in [0.29, 0.717) is 16.5 Å². The highest BCUT2D eigenvalue weighted by atomic mass is 35.5. The van der Waals surface area contributed by atoms with Gasteiger partial charge in [-0.3, -0.25) is 4.79 Å². The Labute approximate surface area is 110 Å². The lowest BCUT2D eigenvalue weighted by Gasteiger charge is -2.07. The SMILES string of the molecule is Nc1ccccc1CC(=O)Nc1ncccc1Cl. The number of rotatable bonds is 3. The van der Waals surface area contributed by atoms with Crippen LogP contribution in [0.2, 0.25) is 5.02 Å². The van der Waals surface area contributed by atoms with E-state index >= 15 is 0 Å². The highest BCUT2D eigenvalue weighted by Crippen LogP contribution is 2.18. The topological polar surface area (TPSA) is 68.0 Å². The Bertz CT molecular complexity index is 522. The summed E-state index contributed by atoms with van der Waals surface area (Å²) in [5, 5.41) is 3.06. The van der Waals surface area contributed by atoms with Crippen molar-refractivity contribution in [1.29, 1.82) is 0 Å². The third kappa shape index (κ3) is 2.99. The zero-order valence-electron chi connectivity index (χ0n) is 9.56. The van der Waals surface area contributed by atoms with Crippen molar-refractivity contribution in [1.82, 2.24) is 4.98 Å². The van der Waals surface area contributed by atoms with Crippen LogP contribution >= 0.6 is 11.6 Å². The van der Waals surface area contributed by atoms with Gasteiger partial charge in [-0.15, -0.1) is 0 Å². The minimum absolute atomic E-state index is 0.194. The number of aromatic nitrogens is 1. The second-order valence-electron chi connectivity index (χ2n) is 3.76. The predicted molar refractivity (Wildman–Crippen MR) is 72.4 cm³/mol. The first-order chi connectivity index (χ1) is 8.66. The van der Waals surface area contributed by atoms with E-state index in [1.807, 2.05) is 18.2 Å². The van der Waals surface area contributed by atoms with Gasteiger partial charge in [0, 0.05) is 11.9 Å². The van der Waals surface area contributed by atoms with Gasteiger partial charge in [-0.2, -0.15) is 0 Å². The van der Waals surface area contributed by atoms with E-state index in [1.54, 1.807) is 24.4 Å². The summed E-state index contributed by atoms with van der Waals surface area (Å²) in [4.78, 5) is 15.8. The largest absolute Gasteiger partial charge is 0.398 e. The van der Waals surface area contributed by atoms with E-state index in [-0.39, 0.29) is 12.3 Å². The molecule has 0 aliphatic carbocycles. The highest BCUT2D eigenvalue weighted by Gasteiger charge is 2.08. The first-order valence-electron chi connectivity index (χ1n) is 5.40. The van der Waals surface area contributed by atoms with Crippen molar-refractivity contribution in [2.75, 3.05) is 11.1 Å². The summed E-state index contributed by atoms with van der Waals surface area (Å²) in [6.07, 6.45) is 1.76. The lowest BCUT2D eigenvalue weighted by molar-refractivity contribution is -0.115. The maximum Gasteiger partial charge on any atom is 0.230 e. The van der Waals surface area contributed by atoms with Gasteiger partial charge >= 0.3 is 0 Å². The Morgan fingerprint density at radius 1 is 1.28 bits per heavy atom. The van der Waals surface area contributed by atoms with Crippen molar-refractivity contribution < 1.29 is 4.79 Å². The van der Waals surface area contributed by atoms with Crippen molar-refractivity contribution in [3.63, 3.8) is 0 Å². The molecule has 0 saturated carbocycles. The van der Waals surface area contributed by atoms with Crippen LogP contribution in [-0.4, -0.2) is 10.9 Å². The third-order valence-corrected chi connectivity index (χ3v) is 2.73. The molecule has 0 bridgehead atoms. The summed E-state index contributed by atoms with van der Waals surface area (Å²) in [7, 11) is 0. The second kappa shape index (κ2) is 5.51. The molecule has 0 atom stereocenters. The number of carbonyl (C=O) groups excluding carboxylic acids is 1. The van der Waals surface area contributed by atoms with Gasteiger partial charge in [0.15, 0.2) is 5.82 Å². The number of para-hydroxylation sites is 1. The molecule has 5 heteroatoms. The Morgan fingerprint density at radius 2 is 2.06 bits per heavy atom. The molecule has 3 N–H and O–H groups in total. The summed E-state index contributed by atoms with van der Waals surface area (Å²) in [5.41, 5.74) is 7.15. The molecule has 0 aliphatic heterocycles. The fourth-order valence-electron chi connectivity index (χ4n) is 1.52. The molecule has 0 spiro atoms. The Kier molecular flexibility index (Phi) is 3.79. The van der Waals surface area contributed by atoms with Gasteiger partial charge in [0.2, 0.25) is 5.91 Å². The van der Waals surface area contributed by atoms with Crippen LogP contribution in [0.15, 0.2) is 42.6 Å². The minimum Gasteiger partial charge on any atom is -0.398 e. The van der Waals surface area contributed by atoms with Crippen molar-refractivity contribution in [2.24, 2.45) is 0 Å². The van der Waals surface area contributed by atoms with Crippen LogP contribution in [0.25, 0.3) is 0 Å². The average molecular weight is 262 g/mol. The van der Waals surface area contributed by atoms with E-state index in [2.05, 4.69) is 10.3 Å². The zero-order chi connectivity index (χ0) is 13.0. The van der Waals surface area contributed by atoms with Crippen molar-refractivity contribution in [2.45, 2.75) is 6.42 Å². The Balaban J connectivity index is 2.06. The number of halogens is 1. The Morgan fingerprint density at radius 3 is 2.78 bits per heavy atom. The minimum atomic E-state index is -0.200. The fourth-order valence-corrected chi connectivity index (χ4v) is 1.69. The van der Waals surface area contributed by atoms with Crippen LogP contribution in [-0.2, 0) is 11.2 Å². The molecule has 1 aromatic heterocycles. The molecule has 1 heterocycles. The van der Waals surface area contributed by atoms with Crippen LogP contribution < -0.4 is 11.1 Å². The summed E-state index contributed by atoms with van der Waals surface area (Å²) < 4.78 is 0. The van der Waals surface area contributed by atoms with Crippen LogP contribution in [0.3, 0.4) is 0 Å². The van der Waals surface area contributed by atoms with Crippen molar-refractivity contribution in [3.8, 4) is 0 Å². The molecule has 4 nitrogen and oxygen atoms in total. The quantitative estimate of drug-likeness (QED) is 0.834. The van der Waals surface area contributed by atoms with Gasteiger partial charge in [0.25, 0.3) is 0 Å². The molecular formula is C13H12ClN3O. The van der Waals surface area contributed by atoms with Crippen LogP contribution in [0.5, 0.6) is 0 Å². The molecule has 18 heavy (non-hydrogen) atoms. The molecule has 0 radical (unpaired) electrons. The summed E-state index contributed by atoms with van der Waals surface area (Å²) >= 11 is 5.90. The highest BCUT2D eigenvalue weighted by molar-refractivity contribution is 6.33. The molecule has 0 fully saturated rings. The first-order valence-corrected chi connectivity index (χ1v) is 5.78. The monoisotopic (exact) mass is 261 g/mol. The number of benzene rings is 1. The molecule has 0 unspecified atom stereocenters. The van der Waals surface area contributed by atoms with E-state index in [4.69, 9.17) is 17.3 Å². The predicted octanol–water partition coefficient (Wildman–Crippen LogP) is 2.50. The van der Waals surface area contributed by atoms with Crippen LogP contribution in [0.1, 0.15) is 5.56 Å². The van der Waals surface area contributed by atoms with E-state index < -0.39 is 0 Å². The number of nitrogens with two attached hydrogens (primary N) is 1. The van der Waals surface area contributed by atoms with Crippen LogP contribution in [0.4, 0.5) is 11.5 Å². The standard InChI is InChI=1S/C13H12ClN3O/c14-10-5-3-7-16-13(10)17-12(18)8-9-4-1-2-6-11(9)15/h1-7H,8,15H2,(H,16,17,18). The summed E-state index contributed by atoms with van der Waals surface area (Å²) in [5.74, 6) is 0.159. The van der Waals surface area contributed by atoms with Crippen molar-refractivity contribution >= 4 is 29.0 Å². The molecule has 1 aromatic carbocycles. The second-order valence-corrected chi connectivity index (χ2v) is 4.16. The van der Waals surface area contributed by atoms with Gasteiger partial charge in [-0.1, -0.05) is 29.8 Å². The molecule has 92 valence electrons. The van der Waals surface area contributed by atoms with Gasteiger partial charge in [-0.25, -0.2) is 4.98 Å². The smallest absolute Gasteiger partial charge is 0.230 e. The van der Waals surface area contributed by atoms with E-state index in [9.17, 15) is 4.79 Å². The lowest BCUT2D eigenvalue weighted by Crippen LogP contribution is -2.16. The lowest BCUT2D eigenvalue weighted by atomic mass is 10.1. The van der Waals surface area contributed by atoms with Gasteiger partial charge < -0.3 is 11.1 Å². The van der Waals surface area contributed by atoms with Gasteiger partial charge in [-0.05, 0) is 23.8 Å². The summed E-state index contributed by atoms with van der Waals surface area (Å²) in [6.45, 7) is 0. The average Bonchev–Trinajstić information content (AvgIpc) is 2.35. The molecule has 2 aromatic rings. The number of amides is 1. The number of nitrogen functional groups attached to an aromatic ring is 1. The zero-order valence-corrected chi connectivity index (χ0v) is 10.3. The number of nitrogens with one attached hydrogen (secondary N) is 1. The normalized spacial score (nSPS) is 10.1. The number of hydrogen-bond donors (Lipinski definition) is 2. The molecule has 1 amide bonds. The van der Waals surface area contributed by atoms with Crippen molar-refractivity contribution in [3.05, 3.63) is 53.2 Å². The molecule has 0 aliphatic rings. The van der Waals surface area contributed by atoms with Gasteiger partial charge in [0.1, 0.15) is 0 Å². The number of nitrogens with zero attached hydrogens (tertiary/aromatic N) is 1.